The summed E-state index contributed by atoms with van der Waals surface area (Å²) < 4.78 is 0. The molecule has 6 heteroatoms. The number of hydrogen-bond acceptors (Lipinski definition) is 3. The normalized spacial score (nSPS) is 10.7. The van der Waals surface area contributed by atoms with Crippen LogP contribution in [0.25, 0.3) is 10.9 Å². The quantitative estimate of drug-likeness (QED) is 0.556. The van der Waals surface area contributed by atoms with Gasteiger partial charge in [-0.2, -0.15) is 0 Å². The summed E-state index contributed by atoms with van der Waals surface area (Å²) in [5, 5.41) is 15.5. The number of fused-ring (bicyclic) bond motifs is 1. The van der Waals surface area contributed by atoms with E-state index in [1.54, 1.807) is 12.1 Å². The number of hydrogen-bond donors (Lipinski definition) is 2. The molecule has 0 saturated heterocycles. The van der Waals surface area contributed by atoms with Crippen LogP contribution in [0.1, 0.15) is 5.69 Å². The van der Waals surface area contributed by atoms with Gasteiger partial charge in [0.1, 0.15) is 0 Å². The molecule has 21 heavy (non-hydrogen) atoms. The predicted octanol–water partition coefficient (Wildman–Crippen LogP) is 4.34. The number of rotatable bonds is 4. The van der Waals surface area contributed by atoms with E-state index < -0.39 is 4.92 Å². The molecule has 2 N–H and O–H groups in total. The average Bonchev–Trinajstić information content (AvgIpc) is 2.82. The molecular weight excluding hydrogens is 290 g/mol. The first-order valence-corrected chi connectivity index (χ1v) is 6.76. The Morgan fingerprint density at radius 1 is 1.19 bits per heavy atom. The van der Waals surface area contributed by atoms with E-state index in [0.29, 0.717) is 17.3 Å². The highest BCUT2D eigenvalue weighted by molar-refractivity contribution is 6.36. The lowest BCUT2D eigenvalue weighted by Gasteiger charge is -2.05. The van der Waals surface area contributed by atoms with Gasteiger partial charge in [-0.25, -0.2) is 0 Å². The number of nitrogens with zero attached hydrogens (tertiary/aromatic N) is 1. The number of aromatic nitrogens is 1. The van der Waals surface area contributed by atoms with E-state index in [0.717, 1.165) is 16.6 Å². The number of non-ortho nitro benzene ring substituents is 1. The molecule has 2 aromatic carbocycles. The molecule has 1 heterocycles. The minimum atomic E-state index is -0.416. The molecule has 3 aromatic rings. The van der Waals surface area contributed by atoms with Gasteiger partial charge in [0.25, 0.3) is 5.69 Å². The maximum absolute atomic E-state index is 10.7. The Balaban J connectivity index is 1.82. The van der Waals surface area contributed by atoms with Crippen molar-refractivity contribution in [3.63, 3.8) is 0 Å². The minimum Gasteiger partial charge on any atom is -0.379 e. The monoisotopic (exact) mass is 301 g/mol. The van der Waals surface area contributed by atoms with Gasteiger partial charge in [0.2, 0.25) is 0 Å². The van der Waals surface area contributed by atoms with Crippen molar-refractivity contribution in [1.82, 2.24) is 4.98 Å². The molecular formula is C15H12ClN3O2. The van der Waals surface area contributed by atoms with Gasteiger partial charge in [-0.15, -0.1) is 0 Å². The van der Waals surface area contributed by atoms with Crippen molar-refractivity contribution in [1.29, 1.82) is 0 Å². The number of aromatic amines is 1. The highest BCUT2D eigenvalue weighted by Gasteiger charge is 2.09. The maximum atomic E-state index is 10.7. The first kappa shape index (κ1) is 13.5. The summed E-state index contributed by atoms with van der Waals surface area (Å²) in [6.07, 6.45) is 0. The van der Waals surface area contributed by atoms with Gasteiger partial charge in [0.05, 0.1) is 22.2 Å². The molecule has 0 fully saturated rings. The van der Waals surface area contributed by atoms with Gasteiger partial charge in [-0.3, -0.25) is 10.1 Å². The van der Waals surface area contributed by atoms with Crippen molar-refractivity contribution in [2.75, 3.05) is 5.32 Å². The summed E-state index contributed by atoms with van der Waals surface area (Å²) in [6.45, 7) is 0.467. The first-order chi connectivity index (χ1) is 10.1. The zero-order valence-electron chi connectivity index (χ0n) is 11.0. The van der Waals surface area contributed by atoms with Crippen molar-refractivity contribution in [3.05, 3.63) is 69.4 Å². The number of halogens is 1. The lowest BCUT2D eigenvalue weighted by Crippen LogP contribution is -2.00. The van der Waals surface area contributed by atoms with Crippen LogP contribution in [0.2, 0.25) is 5.02 Å². The zero-order valence-corrected chi connectivity index (χ0v) is 11.7. The van der Waals surface area contributed by atoms with Crippen LogP contribution in [0, 0.1) is 10.1 Å². The SMILES string of the molecule is O=[N+]([O-])c1cccc(NCc2[nH]c3ccccc3c2Cl)c1. The summed E-state index contributed by atoms with van der Waals surface area (Å²) in [4.78, 5) is 13.6. The molecule has 0 atom stereocenters. The smallest absolute Gasteiger partial charge is 0.271 e. The molecule has 0 spiro atoms. The molecule has 0 aliphatic carbocycles. The lowest BCUT2D eigenvalue weighted by molar-refractivity contribution is -0.384. The Kier molecular flexibility index (Phi) is 3.50. The number of nitrogens with one attached hydrogen (secondary N) is 2. The van der Waals surface area contributed by atoms with Crippen molar-refractivity contribution in [3.8, 4) is 0 Å². The molecule has 0 saturated carbocycles. The summed E-state index contributed by atoms with van der Waals surface area (Å²) in [5.74, 6) is 0. The van der Waals surface area contributed by atoms with Crippen molar-refractivity contribution < 1.29 is 4.92 Å². The van der Waals surface area contributed by atoms with Crippen LogP contribution in [0.5, 0.6) is 0 Å². The highest BCUT2D eigenvalue weighted by Crippen LogP contribution is 2.28. The summed E-state index contributed by atoms with van der Waals surface area (Å²) in [6, 6.07) is 14.2. The Morgan fingerprint density at radius 3 is 2.76 bits per heavy atom. The third-order valence-corrected chi connectivity index (χ3v) is 3.67. The number of H-pyrrole nitrogens is 1. The number of para-hydroxylation sites is 1. The van der Waals surface area contributed by atoms with Gasteiger partial charge >= 0.3 is 0 Å². The summed E-state index contributed by atoms with van der Waals surface area (Å²) in [5.41, 5.74) is 2.56. The molecule has 0 bridgehead atoms. The fourth-order valence-corrected chi connectivity index (χ4v) is 2.48. The van der Waals surface area contributed by atoms with Crippen LogP contribution in [0.4, 0.5) is 11.4 Å². The van der Waals surface area contributed by atoms with Gasteiger partial charge < -0.3 is 10.3 Å². The van der Waals surface area contributed by atoms with Gasteiger partial charge in [-0.05, 0) is 12.1 Å². The van der Waals surface area contributed by atoms with E-state index >= 15 is 0 Å². The Labute approximate surface area is 125 Å². The third kappa shape index (κ3) is 2.68. The summed E-state index contributed by atoms with van der Waals surface area (Å²) >= 11 is 6.33. The second-order valence-corrected chi connectivity index (χ2v) is 5.00. The van der Waals surface area contributed by atoms with Crippen LogP contribution in [-0.2, 0) is 6.54 Å². The molecule has 0 aliphatic rings. The number of nitro groups is 1. The Bertz CT molecular complexity index is 814. The van der Waals surface area contributed by atoms with E-state index in [2.05, 4.69) is 10.3 Å². The average molecular weight is 302 g/mol. The van der Waals surface area contributed by atoms with Crippen molar-refractivity contribution in [2.24, 2.45) is 0 Å². The second kappa shape index (κ2) is 5.46. The fourth-order valence-electron chi connectivity index (χ4n) is 2.21. The molecule has 0 radical (unpaired) electrons. The van der Waals surface area contributed by atoms with E-state index in [1.165, 1.54) is 12.1 Å². The number of benzene rings is 2. The topological polar surface area (TPSA) is 71.0 Å². The van der Waals surface area contributed by atoms with Crippen LogP contribution < -0.4 is 5.32 Å². The second-order valence-electron chi connectivity index (χ2n) is 4.62. The minimum absolute atomic E-state index is 0.0581. The number of nitro benzene ring substituents is 1. The van der Waals surface area contributed by atoms with Crippen LogP contribution in [0.3, 0.4) is 0 Å². The molecule has 3 rings (SSSR count). The Hall–Kier alpha value is -2.53. The zero-order chi connectivity index (χ0) is 14.8. The van der Waals surface area contributed by atoms with Gasteiger partial charge in [-0.1, -0.05) is 35.9 Å². The van der Waals surface area contributed by atoms with Crippen molar-refractivity contribution >= 4 is 33.9 Å². The number of anilines is 1. The molecule has 0 amide bonds. The summed E-state index contributed by atoms with van der Waals surface area (Å²) in [7, 11) is 0. The van der Waals surface area contributed by atoms with Crippen LogP contribution in [0.15, 0.2) is 48.5 Å². The van der Waals surface area contributed by atoms with Gasteiger partial charge in [0.15, 0.2) is 0 Å². The molecule has 0 unspecified atom stereocenters. The largest absolute Gasteiger partial charge is 0.379 e. The Morgan fingerprint density at radius 2 is 2.00 bits per heavy atom. The van der Waals surface area contributed by atoms with Crippen molar-refractivity contribution in [2.45, 2.75) is 6.54 Å². The maximum Gasteiger partial charge on any atom is 0.271 e. The van der Waals surface area contributed by atoms with Crippen LogP contribution >= 0.6 is 11.6 Å². The van der Waals surface area contributed by atoms with E-state index in [-0.39, 0.29) is 5.69 Å². The van der Waals surface area contributed by atoms with E-state index in [1.807, 2.05) is 24.3 Å². The van der Waals surface area contributed by atoms with E-state index in [4.69, 9.17) is 11.6 Å². The first-order valence-electron chi connectivity index (χ1n) is 6.38. The van der Waals surface area contributed by atoms with E-state index in [9.17, 15) is 10.1 Å². The fraction of sp³-hybridized carbons (Fsp3) is 0.0667. The third-order valence-electron chi connectivity index (χ3n) is 3.24. The molecule has 0 aliphatic heterocycles. The van der Waals surface area contributed by atoms with Gasteiger partial charge in [0, 0.05) is 28.7 Å². The molecule has 106 valence electrons. The predicted molar refractivity (Wildman–Crippen MR) is 83.7 cm³/mol. The molecule has 1 aromatic heterocycles. The lowest BCUT2D eigenvalue weighted by atomic mass is 10.2. The van der Waals surface area contributed by atoms with Crippen LogP contribution in [-0.4, -0.2) is 9.91 Å². The molecule has 5 nitrogen and oxygen atoms in total. The standard InChI is InChI=1S/C15H12ClN3O2/c16-15-12-6-1-2-7-13(12)18-14(15)9-17-10-4-3-5-11(8-10)19(20)21/h1-8,17-18H,9H2. The highest BCUT2D eigenvalue weighted by atomic mass is 35.5.